The summed E-state index contributed by atoms with van der Waals surface area (Å²) in [5.41, 5.74) is 1.83. The highest BCUT2D eigenvalue weighted by atomic mass is 79.9. The molecule has 0 N–H and O–H groups in total. The van der Waals surface area contributed by atoms with E-state index in [0.717, 1.165) is 15.7 Å². The van der Waals surface area contributed by atoms with Gasteiger partial charge in [0.25, 0.3) is 0 Å². The lowest BCUT2D eigenvalue weighted by Gasteiger charge is -2.12. The molecule has 1 aromatic rings. The maximum Gasteiger partial charge on any atom is 0.231 e. The van der Waals surface area contributed by atoms with E-state index in [1.54, 1.807) is 11.9 Å². The third kappa shape index (κ3) is 1.27. The molecule has 0 saturated heterocycles. The van der Waals surface area contributed by atoms with Crippen LogP contribution in [0.3, 0.4) is 0 Å². The molecular formula is C9H7BrClNO. The van der Waals surface area contributed by atoms with Crippen molar-refractivity contribution in [1.82, 2.24) is 0 Å². The summed E-state index contributed by atoms with van der Waals surface area (Å²) in [5, 5.41) is 0.617. The third-order valence-electron chi connectivity index (χ3n) is 2.20. The molecule has 0 unspecified atom stereocenters. The van der Waals surface area contributed by atoms with Crippen molar-refractivity contribution in [3.8, 4) is 0 Å². The van der Waals surface area contributed by atoms with Gasteiger partial charge in [-0.05, 0) is 27.6 Å². The summed E-state index contributed by atoms with van der Waals surface area (Å²) in [6.45, 7) is 0. The molecule has 68 valence electrons. The maximum absolute atomic E-state index is 11.3. The molecule has 1 aliphatic rings. The molecule has 1 aliphatic heterocycles. The van der Waals surface area contributed by atoms with E-state index in [1.807, 2.05) is 12.1 Å². The zero-order valence-corrected chi connectivity index (χ0v) is 9.32. The van der Waals surface area contributed by atoms with E-state index < -0.39 is 0 Å². The van der Waals surface area contributed by atoms with E-state index in [1.165, 1.54) is 0 Å². The van der Waals surface area contributed by atoms with Crippen LogP contribution in [0.5, 0.6) is 0 Å². The van der Waals surface area contributed by atoms with E-state index in [4.69, 9.17) is 11.6 Å². The predicted molar refractivity (Wildman–Crippen MR) is 56.3 cm³/mol. The Morgan fingerprint density at radius 3 is 2.92 bits per heavy atom. The molecule has 13 heavy (non-hydrogen) atoms. The van der Waals surface area contributed by atoms with Crippen LogP contribution < -0.4 is 4.90 Å². The van der Waals surface area contributed by atoms with Crippen LogP contribution in [0.2, 0.25) is 5.02 Å². The Morgan fingerprint density at radius 2 is 2.23 bits per heavy atom. The number of nitrogens with zero attached hydrogens (tertiary/aromatic N) is 1. The normalized spacial score (nSPS) is 15.0. The smallest absolute Gasteiger partial charge is 0.231 e. The quantitative estimate of drug-likeness (QED) is 0.702. The minimum absolute atomic E-state index is 0.0926. The number of hydrogen-bond acceptors (Lipinski definition) is 1. The first kappa shape index (κ1) is 9.03. The Balaban J connectivity index is 2.66. The van der Waals surface area contributed by atoms with E-state index in [-0.39, 0.29) is 5.91 Å². The van der Waals surface area contributed by atoms with Crippen molar-refractivity contribution in [1.29, 1.82) is 0 Å². The number of halogens is 2. The van der Waals surface area contributed by atoms with Gasteiger partial charge in [-0.2, -0.15) is 0 Å². The van der Waals surface area contributed by atoms with Gasteiger partial charge in [-0.1, -0.05) is 17.7 Å². The molecule has 0 aliphatic carbocycles. The molecule has 0 bridgehead atoms. The lowest BCUT2D eigenvalue weighted by atomic mass is 10.2. The van der Waals surface area contributed by atoms with Gasteiger partial charge < -0.3 is 4.90 Å². The van der Waals surface area contributed by atoms with Crippen LogP contribution in [0.15, 0.2) is 16.6 Å². The molecule has 0 fully saturated rings. The molecular weight excluding hydrogens is 253 g/mol. The number of amides is 1. The summed E-state index contributed by atoms with van der Waals surface area (Å²) in [6.07, 6.45) is 0.457. The number of fused-ring (bicyclic) bond motifs is 1. The lowest BCUT2D eigenvalue weighted by Crippen LogP contribution is -2.20. The number of carbonyl (C=O) groups excluding carboxylic acids is 1. The van der Waals surface area contributed by atoms with Crippen molar-refractivity contribution in [2.45, 2.75) is 6.42 Å². The molecule has 4 heteroatoms. The Labute approximate surface area is 89.6 Å². The molecule has 2 nitrogen and oxygen atoms in total. The van der Waals surface area contributed by atoms with Gasteiger partial charge in [-0.15, -0.1) is 0 Å². The van der Waals surface area contributed by atoms with Gasteiger partial charge in [0.2, 0.25) is 5.91 Å². The van der Waals surface area contributed by atoms with E-state index in [9.17, 15) is 4.79 Å². The molecule has 0 radical (unpaired) electrons. The molecule has 2 rings (SSSR count). The summed E-state index contributed by atoms with van der Waals surface area (Å²) in [6, 6.07) is 3.79. The summed E-state index contributed by atoms with van der Waals surface area (Å²) in [5.74, 6) is 0.0926. The largest absolute Gasteiger partial charge is 0.313 e. The number of rotatable bonds is 0. The number of anilines is 1. The lowest BCUT2D eigenvalue weighted by molar-refractivity contribution is -0.117. The monoisotopic (exact) mass is 259 g/mol. The fraction of sp³-hybridized carbons (Fsp3) is 0.222. The van der Waals surface area contributed by atoms with Crippen LogP contribution >= 0.6 is 27.5 Å². The van der Waals surface area contributed by atoms with E-state index in [0.29, 0.717) is 11.4 Å². The van der Waals surface area contributed by atoms with Crippen molar-refractivity contribution >= 4 is 39.1 Å². The third-order valence-corrected chi connectivity index (χ3v) is 3.48. The molecule has 1 heterocycles. The van der Waals surface area contributed by atoms with Crippen LogP contribution in [-0.4, -0.2) is 13.0 Å². The topological polar surface area (TPSA) is 20.3 Å². The van der Waals surface area contributed by atoms with Gasteiger partial charge in [0.05, 0.1) is 17.1 Å². The average molecular weight is 261 g/mol. The van der Waals surface area contributed by atoms with Gasteiger partial charge in [0.15, 0.2) is 0 Å². The van der Waals surface area contributed by atoms with E-state index >= 15 is 0 Å². The van der Waals surface area contributed by atoms with Gasteiger partial charge in [0.1, 0.15) is 0 Å². The average Bonchev–Trinajstić information content (AvgIpc) is 2.37. The second kappa shape index (κ2) is 3.00. The van der Waals surface area contributed by atoms with Crippen LogP contribution in [0.4, 0.5) is 5.69 Å². The second-order valence-electron chi connectivity index (χ2n) is 3.00. The molecule has 1 amide bonds. The number of likely N-dealkylation sites (N-methyl/N-ethyl adjacent to an activating group) is 1. The fourth-order valence-electron chi connectivity index (χ4n) is 1.49. The maximum atomic E-state index is 11.3. The highest BCUT2D eigenvalue weighted by Gasteiger charge is 2.26. The van der Waals surface area contributed by atoms with Crippen LogP contribution in [0, 0.1) is 0 Å². The Bertz CT molecular complexity index is 391. The van der Waals surface area contributed by atoms with Gasteiger partial charge in [-0.25, -0.2) is 0 Å². The summed E-state index contributed by atoms with van der Waals surface area (Å²) < 4.78 is 0.828. The standard InChI is InChI=1S/C9H7BrClNO/c1-12-7(13)4-5-2-3-6(10)8(11)9(5)12/h2-3H,4H2,1H3. The number of benzene rings is 1. The second-order valence-corrected chi connectivity index (χ2v) is 4.23. The van der Waals surface area contributed by atoms with Crippen LogP contribution in [-0.2, 0) is 11.2 Å². The minimum Gasteiger partial charge on any atom is -0.313 e. The molecule has 0 spiro atoms. The first-order valence-electron chi connectivity index (χ1n) is 3.84. The minimum atomic E-state index is 0.0926. The Hall–Kier alpha value is -0.540. The Kier molecular flexibility index (Phi) is 2.08. The molecule has 1 aromatic carbocycles. The summed E-state index contributed by atoms with van der Waals surface area (Å²) in [4.78, 5) is 12.9. The van der Waals surface area contributed by atoms with Crippen molar-refractivity contribution < 1.29 is 4.79 Å². The highest BCUT2D eigenvalue weighted by Crippen LogP contribution is 2.39. The SMILES string of the molecule is CN1C(=O)Cc2ccc(Br)c(Cl)c21. The van der Waals surface area contributed by atoms with Crippen molar-refractivity contribution in [3.05, 3.63) is 27.2 Å². The zero-order valence-electron chi connectivity index (χ0n) is 6.97. The van der Waals surface area contributed by atoms with Crippen molar-refractivity contribution in [2.75, 3.05) is 11.9 Å². The van der Waals surface area contributed by atoms with Gasteiger partial charge in [-0.3, -0.25) is 4.79 Å². The van der Waals surface area contributed by atoms with Crippen LogP contribution in [0.1, 0.15) is 5.56 Å². The first-order chi connectivity index (χ1) is 6.11. The molecule has 0 saturated carbocycles. The van der Waals surface area contributed by atoms with Crippen LogP contribution in [0.25, 0.3) is 0 Å². The first-order valence-corrected chi connectivity index (χ1v) is 5.02. The summed E-state index contributed by atoms with van der Waals surface area (Å²) in [7, 11) is 1.74. The fourth-order valence-corrected chi connectivity index (χ4v) is 2.12. The zero-order chi connectivity index (χ0) is 9.59. The van der Waals surface area contributed by atoms with Crippen molar-refractivity contribution in [2.24, 2.45) is 0 Å². The highest BCUT2D eigenvalue weighted by molar-refractivity contribution is 9.10. The summed E-state index contributed by atoms with van der Waals surface area (Å²) >= 11 is 9.38. The van der Waals surface area contributed by atoms with Crippen molar-refractivity contribution in [3.63, 3.8) is 0 Å². The Morgan fingerprint density at radius 1 is 1.54 bits per heavy atom. The molecule has 0 aromatic heterocycles. The number of carbonyl (C=O) groups is 1. The molecule has 0 atom stereocenters. The van der Waals surface area contributed by atoms with E-state index in [2.05, 4.69) is 15.9 Å². The predicted octanol–water partition coefficient (Wildman–Crippen LogP) is 2.62. The van der Waals surface area contributed by atoms with Gasteiger partial charge >= 0.3 is 0 Å². The van der Waals surface area contributed by atoms with Gasteiger partial charge in [0, 0.05) is 11.5 Å². The number of hydrogen-bond donors (Lipinski definition) is 0.